The molecule has 22 heavy (non-hydrogen) atoms. The van der Waals surface area contributed by atoms with Crippen LogP contribution in [-0.4, -0.2) is 6.29 Å². The molecule has 1 nitrogen and oxygen atoms in total. The summed E-state index contributed by atoms with van der Waals surface area (Å²) in [6, 6.07) is 4.35. The van der Waals surface area contributed by atoms with Crippen LogP contribution >= 0.6 is 0 Å². The third kappa shape index (κ3) is 3.39. The molecule has 0 aliphatic heterocycles. The minimum absolute atomic E-state index is 0.287. The minimum Gasteiger partial charge on any atom is -0.303 e. The third-order valence-corrected chi connectivity index (χ3v) is 5.86. The predicted molar refractivity (Wildman–Crippen MR) is 82.6 cm³/mol. The number of carbonyl (C=O) groups is 1. The van der Waals surface area contributed by atoms with Crippen LogP contribution in [0.5, 0.6) is 0 Å². The van der Waals surface area contributed by atoms with Crippen molar-refractivity contribution >= 4 is 6.29 Å². The van der Waals surface area contributed by atoms with E-state index in [1.165, 1.54) is 37.8 Å². The molecule has 2 aliphatic rings. The number of aldehydes is 1. The van der Waals surface area contributed by atoms with Gasteiger partial charge in [0.05, 0.1) is 0 Å². The van der Waals surface area contributed by atoms with Gasteiger partial charge in [0.25, 0.3) is 0 Å². The van der Waals surface area contributed by atoms with Crippen molar-refractivity contribution < 1.29 is 13.6 Å². The Bertz CT molecular complexity index is 512. The minimum atomic E-state index is -0.760. The lowest BCUT2D eigenvalue weighted by molar-refractivity contribution is -0.112. The zero-order chi connectivity index (χ0) is 15.5. The Morgan fingerprint density at radius 1 is 0.818 bits per heavy atom. The molecule has 1 aromatic rings. The number of halogens is 2. The molecule has 0 bridgehead atoms. The number of hydrogen-bond donors (Lipinski definition) is 0. The maximum atomic E-state index is 13.4. The van der Waals surface area contributed by atoms with Gasteiger partial charge in [0, 0.05) is 5.92 Å². The summed E-state index contributed by atoms with van der Waals surface area (Å²) in [4.78, 5) is 10.8. The smallest absolute Gasteiger partial charge is 0.159 e. The van der Waals surface area contributed by atoms with Gasteiger partial charge < -0.3 is 4.79 Å². The first kappa shape index (κ1) is 15.6. The van der Waals surface area contributed by atoms with Crippen LogP contribution in [0.15, 0.2) is 18.2 Å². The lowest BCUT2D eigenvalue weighted by atomic mass is 9.68. The van der Waals surface area contributed by atoms with Gasteiger partial charge in [-0.1, -0.05) is 6.07 Å². The Kier molecular flexibility index (Phi) is 4.90. The first-order valence-corrected chi connectivity index (χ1v) is 8.57. The molecule has 0 amide bonds. The molecule has 2 saturated carbocycles. The van der Waals surface area contributed by atoms with Crippen molar-refractivity contribution in [2.24, 2.45) is 17.8 Å². The first-order chi connectivity index (χ1) is 10.7. The Balaban J connectivity index is 1.54. The molecular formula is C19H24F2O. The summed E-state index contributed by atoms with van der Waals surface area (Å²) in [5.74, 6) is 0.694. The summed E-state index contributed by atoms with van der Waals surface area (Å²) in [6.45, 7) is 0. The highest BCUT2D eigenvalue weighted by molar-refractivity contribution is 5.53. The van der Waals surface area contributed by atoms with Crippen molar-refractivity contribution in [1.29, 1.82) is 0 Å². The van der Waals surface area contributed by atoms with Gasteiger partial charge in [-0.3, -0.25) is 0 Å². The highest BCUT2D eigenvalue weighted by Gasteiger charge is 2.31. The molecule has 2 aliphatic carbocycles. The maximum absolute atomic E-state index is 13.4. The average Bonchev–Trinajstić information content (AvgIpc) is 2.58. The molecule has 3 rings (SSSR count). The molecule has 0 saturated heterocycles. The molecule has 0 aromatic heterocycles. The van der Waals surface area contributed by atoms with E-state index in [2.05, 4.69) is 0 Å². The highest BCUT2D eigenvalue weighted by Crippen LogP contribution is 2.43. The number of benzene rings is 1. The van der Waals surface area contributed by atoms with Crippen LogP contribution in [0, 0.1) is 29.4 Å². The second-order valence-electron chi connectivity index (χ2n) is 7.10. The molecule has 0 radical (unpaired) electrons. The van der Waals surface area contributed by atoms with Crippen LogP contribution in [0.4, 0.5) is 8.78 Å². The zero-order valence-electron chi connectivity index (χ0n) is 12.9. The van der Waals surface area contributed by atoms with Crippen LogP contribution in [0.25, 0.3) is 0 Å². The van der Waals surface area contributed by atoms with E-state index in [4.69, 9.17) is 0 Å². The van der Waals surface area contributed by atoms with Gasteiger partial charge in [0.1, 0.15) is 6.29 Å². The molecule has 2 fully saturated rings. The molecule has 0 N–H and O–H groups in total. The summed E-state index contributed by atoms with van der Waals surface area (Å²) in [5, 5.41) is 0. The SMILES string of the molecule is O=CC1CCC(C2CCC(c3ccc(F)c(F)c3)CC2)CC1. The largest absolute Gasteiger partial charge is 0.303 e. The van der Waals surface area contributed by atoms with Gasteiger partial charge in [-0.25, -0.2) is 8.78 Å². The van der Waals surface area contributed by atoms with Crippen LogP contribution in [0.2, 0.25) is 0 Å². The molecular weight excluding hydrogens is 282 g/mol. The van der Waals surface area contributed by atoms with E-state index in [1.807, 2.05) is 0 Å². The maximum Gasteiger partial charge on any atom is 0.159 e. The normalized spacial score (nSPS) is 32.6. The van der Waals surface area contributed by atoms with Gasteiger partial charge in [-0.15, -0.1) is 0 Å². The van der Waals surface area contributed by atoms with Crippen LogP contribution in [-0.2, 0) is 4.79 Å². The third-order valence-electron chi connectivity index (χ3n) is 5.86. The Morgan fingerprint density at radius 3 is 1.95 bits per heavy atom. The summed E-state index contributed by atoms with van der Waals surface area (Å²) in [6.07, 6.45) is 10.1. The number of rotatable bonds is 3. The highest BCUT2D eigenvalue weighted by atomic mass is 19.2. The fraction of sp³-hybridized carbons (Fsp3) is 0.632. The second kappa shape index (κ2) is 6.89. The van der Waals surface area contributed by atoms with Gasteiger partial charge in [-0.05, 0) is 86.8 Å². The second-order valence-corrected chi connectivity index (χ2v) is 7.10. The Labute approximate surface area is 131 Å². The van der Waals surface area contributed by atoms with Crippen molar-refractivity contribution in [3.63, 3.8) is 0 Å². The van der Waals surface area contributed by atoms with Crippen molar-refractivity contribution in [3.8, 4) is 0 Å². The van der Waals surface area contributed by atoms with Gasteiger partial charge in [0.2, 0.25) is 0 Å². The van der Waals surface area contributed by atoms with E-state index in [0.717, 1.165) is 49.4 Å². The number of carbonyl (C=O) groups excluding carboxylic acids is 1. The summed E-state index contributed by atoms with van der Waals surface area (Å²) in [5.41, 5.74) is 0.946. The van der Waals surface area contributed by atoms with E-state index < -0.39 is 11.6 Å². The first-order valence-electron chi connectivity index (χ1n) is 8.57. The molecule has 120 valence electrons. The molecule has 0 heterocycles. The molecule has 0 atom stereocenters. The molecule has 3 heteroatoms. The monoisotopic (exact) mass is 306 g/mol. The summed E-state index contributed by atoms with van der Waals surface area (Å²) < 4.78 is 26.4. The fourth-order valence-corrected chi connectivity index (χ4v) is 4.44. The van der Waals surface area contributed by atoms with Crippen LogP contribution < -0.4 is 0 Å². The van der Waals surface area contributed by atoms with E-state index in [0.29, 0.717) is 5.92 Å². The van der Waals surface area contributed by atoms with Crippen LogP contribution in [0.3, 0.4) is 0 Å². The van der Waals surface area contributed by atoms with Crippen LogP contribution in [0.1, 0.15) is 62.8 Å². The van der Waals surface area contributed by atoms with Crippen molar-refractivity contribution in [1.82, 2.24) is 0 Å². The summed E-state index contributed by atoms with van der Waals surface area (Å²) >= 11 is 0. The lowest BCUT2D eigenvalue weighted by Gasteiger charge is -2.37. The molecule has 0 unspecified atom stereocenters. The topological polar surface area (TPSA) is 17.1 Å². The van der Waals surface area contributed by atoms with Crippen molar-refractivity contribution in [2.75, 3.05) is 0 Å². The van der Waals surface area contributed by atoms with E-state index in [1.54, 1.807) is 6.07 Å². The van der Waals surface area contributed by atoms with E-state index in [9.17, 15) is 13.6 Å². The quantitative estimate of drug-likeness (QED) is 0.698. The van der Waals surface area contributed by atoms with Gasteiger partial charge >= 0.3 is 0 Å². The summed E-state index contributed by atoms with van der Waals surface area (Å²) in [7, 11) is 0. The standard InChI is InChI=1S/C19H24F2O/c20-18-10-9-17(11-19(18)21)16-7-5-15(6-8-16)14-3-1-13(12-22)2-4-14/h9-16H,1-8H2. The average molecular weight is 306 g/mol. The van der Waals surface area contributed by atoms with E-state index >= 15 is 0 Å². The van der Waals surface area contributed by atoms with Crippen molar-refractivity contribution in [3.05, 3.63) is 35.4 Å². The van der Waals surface area contributed by atoms with Crippen molar-refractivity contribution in [2.45, 2.75) is 57.3 Å². The fourth-order valence-electron chi connectivity index (χ4n) is 4.44. The van der Waals surface area contributed by atoms with Gasteiger partial charge in [-0.2, -0.15) is 0 Å². The number of hydrogen-bond acceptors (Lipinski definition) is 1. The predicted octanol–water partition coefficient (Wildman–Crippen LogP) is 5.24. The molecule has 0 spiro atoms. The van der Waals surface area contributed by atoms with Gasteiger partial charge in [0.15, 0.2) is 11.6 Å². The zero-order valence-corrected chi connectivity index (χ0v) is 12.9. The Hall–Kier alpha value is -1.25. The lowest BCUT2D eigenvalue weighted by Crippen LogP contribution is -2.25. The molecule has 1 aromatic carbocycles. The Morgan fingerprint density at radius 2 is 1.41 bits per heavy atom. The van der Waals surface area contributed by atoms with E-state index in [-0.39, 0.29) is 5.92 Å².